The van der Waals surface area contributed by atoms with E-state index in [2.05, 4.69) is 6.92 Å². The number of amides is 1. The molecule has 0 aliphatic rings. The molecule has 1 unspecified atom stereocenters. The van der Waals surface area contributed by atoms with E-state index in [0.717, 1.165) is 12.8 Å². The van der Waals surface area contributed by atoms with Crippen LogP contribution in [0.4, 0.5) is 0 Å². The number of carbonyl (C=O) groups is 1. The van der Waals surface area contributed by atoms with Crippen LogP contribution < -0.4 is 5.73 Å². The molecule has 3 heteroatoms. The van der Waals surface area contributed by atoms with Crippen molar-refractivity contribution < 1.29 is 9.90 Å². The number of hydrogen-bond donors (Lipinski definition) is 2. The highest BCUT2D eigenvalue weighted by Gasteiger charge is 2.37. The summed E-state index contributed by atoms with van der Waals surface area (Å²) in [6.45, 7) is 2.11. The average molecular weight is 269 g/mol. The Labute approximate surface area is 119 Å². The third kappa shape index (κ3) is 2.58. The maximum Gasteiger partial charge on any atom is 0.258 e. The van der Waals surface area contributed by atoms with E-state index >= 15 is 0 Å². The fourth-order valence-corrected chi connectivity index (χ4v) is 2.33. The van der Waals surface area contributed by atoms with Crippen molar-refractivity contribution in [2.75, 3.05) is 0 Å². The zero-order chi connectivity index (χ0) is 14.6. The van der Waals surface area contributed by atoms with E-state index < -0.39 is 11.5 Å². The highest BCUT2D eigenvalue weighted by atomic mass is 16.3. The summed E-state index contributed by atoms with van der Waals surface area (Å²) in [6, 6.07) is 16.2. The monoisotopic (exact) mass is 269 g/mol. The minimum Gasteiger partial charge on any atom is -0.372 e. The lowest BCUT2D eigenvalue weighted by Gasteiger charge is -2.25. The number of benzene rings is 2. The van der Waals surface area contributed by atoms with Crippen LogP contribution in [0.2, 0.25) is 0 Å². The number of primary amides is 1. The fourth-order valence-electron chi connectivity index (χ4n) is 2.33. The topological polar surface area (TPSA) is 63.3 Å². The quantitative estimate of drug-likeness (QED) is 0.875. The number of rotatable bonds is 5. The first kappa shape index (κ1) is 14.3. The molecule has 1 amide bonds. The molecule has 0 spiro atoms. The molecule has 3 nitrogen and oxygen atoms in total. The molecule has 2 rings (SSSR count). The summed E-state index contributed by atoms with van der Waals surface area (Å²) in [5, 5.41) is 10.8. The molecule has 20 heavy (non-hydrogen) atoms. The van der Waals surface area contributed by atoms with Crippen LogP contribution >= 0.6 is 0 Å². The van der Waals surface area contributed by atoms with Crippen molar-refractivity contribution in [3.63, 3.8) is 0 Å². The van der Waals surface area contributed by atoms with Crippen LogP contribution in [0, 0.1) is 0 Å². The Hall–Kier alpha value is -2.13. The summed E-state index contributed by atoms with van der Waals surface area (Å²) >= 11 is 0. The van der Waals surface area contributed by atoms with Gasteiger partial charge in [0.2, 0.25) is 0 Å². The fraction of sp³-hybridized carbons (Fsp3) is 0.235. The van der Waals surface area contributed by atoms with Gasteiger partial charge in [-0.05, 0) is 23.1 Å². The molecular weight excluding hydrogens is 250 g/mol. The van der Waals surface area contributed by atoms with E-state index in [-0.39, 0.29) is 0 Å². The smallest absolute Gasteiger partial charge is 0.258 e. The van der Waals surface area contributed by atoms with E-state index in [1.54, 1.807) is 36.4 Å². The molecule has 0 aliphatic carbocycles. The third-order valence-corrected chi connectivity index (χ3v) is 3.46. The summed E-state index contributed by atoms with van der Waals surface area (Å²) in [4.78, 5) is 11.8. The van der Waals surface area contributed by atoms with Gasteiger partial charge in [-0.1, -0.05) is 67.9 Å². The van der Waals surface area contributed by atoms with Crippen LogP contribution in [0.5, 0.6) is 0 Å². The largest absolute Gasteiger partial charge is 0.372 e. The summed E-state index contributed by atoms with van der Waals surface area (Å²) in [5.41, 5.74) is 5.81. The molecule has 3 N–H and O–H groups in total. The van der Waals surface area contributed by atoms with Gasteiger partial charge in [0.15, 0.2) is 5.60 Å². The molecule has 0 heterocycles. The molecular formula is C17H19NO2. The number of carbonyl (C=O) groups excluding carboxylic acids is 1. The van der Waals surface area contributed by atoms with Gasteiger partial charge in [0.1, 0.15) is 0 Å². The van der Waals surface area contributed by atoms with Crippen LogP contribution in [-0.4, -0.2) is 11.0 Å². The Morgan fingerprint density at radius 3 is 2.10 bits per heavy atom. The lowest BCUT2D eigenvalue weighted by atomic mass is 9.85. The predicted octanol–water partition coefficient (Wildman–Crippen LogP) is 2.36. The first-order chi connectivity index (χ1) is 9.59. The van der Waals surface area contributed by atoms with Crippen LogP contribution in [0.3, 0.4) is 0 Å². The van der Waals surface area contributed by atoms with Gasteiger partial charge in [-0.2, -0.15) is 0 Å². The predicted molar refractivity (Wildman–Crippen MR) is 79.1 cm³/mol. The molecule has 0 fully saturated rings. The second-order valence-electron chi connectivity index (χ2n) is 4.89. The first-order valence-corrected chi connectivity index (χ1v) is 6.76. The minimum atomic E-state index is -1.79. The minimum absolute atomic E-state index is 0.482. The summed E-state index contributed by atoms with van der Waals surface area (Å²) < 4.78 is 0. The van der Waals surface area contributed by atoms with Crippen molar-refractivity contribution in [1.82, 2.24) is 0 Å². The van der Waals surface area contributed by atoms with Crippen LogP contribution in [0.25, 0.3) is 0 Å². The van der Waals surface area contributed by atoms with E-state index in [1.165, 1.54) is 5.56 Å². The maximum atomic E-state index is 11.8. The lowest BCUT2D eigenvalue weighted by molar-refractivity contribution is -0.133. The van der Waals surface area contributed by atoms with Gasteiger partial charge in [0.25, 0.3) is 5.91 Å². The average Bonchev–Trinajstić information content (AvgIpc) is 2.48. The van der Waals surface area contributed by atoms with Crippen molar-refractivity contribution in [3.05, 3.63) is 71.3 Å². The number of hydrogen-bond acceptors (Lipinski definition) is 2. The van der Waals surface area contributed by atoms with Crippen LogP contribution in [0.15, 0.2) is 54.6 Å². The Bertz CT molecular complexity index is 578. The highest BCUT2D eigenvalue weighted by molar-refractivity contribution is 5.88. The second kappa shape index (κ2) is 5.88. The zero-order valence-electron chi connectivity index (χ0n) is 11.5. The van der Waals surface area contributed by atoms with Crippen molar-refractivity contribution >= 4 is 5.91 Å². The Kier molecular flexibility index (Phi) is 4.20. The van der Waals surface area contributed by atoms with Gasteiger partial charge in [-0.25, -0.2) is 0 Å². The van der Waals surface area contributed by atoms with E-state index in [9.17, 15) is 9.90 Å². The number of aliphatic hydroxyl groups is 1. The molecule has 0 radical (unpaired) electrons. The molecule has 0 aliphatic heterocycles. The van der Waals surface area contributed by atoms with Crippen molar-refractivity contribution in [2.45, 2.75) is 25.4 Å². The van der Waals surface area contributed by atoms with Crippen LogP contribution in [-0.2, 0) is 16.8 Å². The number of nitrogens with two attached hydrogens (primary N) is 1. The first-order valence-electron chi connectivity index (χ1n) is 6.76. The van der Waals surface area contributed by atoms with Gasteiger partial charge >= 0.3 is 0 Å². The Morgan fingerprint density at radius 1 is 1.05 bits per heavy atom. The standard InChI is InChI=1S/C17H19NO2/c1-2-6-13-9-11-15(12-10-13)17(20,16(18)19)14-7-4-3-5-8-14/h3-5,7-12,20H,2,6H2,1H3,(H2,18,19). The van der Waals surface area contributed by atoms with Gasteiger partial charge < -0.3 is 10.8 Å². The Balaban J connectivity index is 2.46. The molecule has 2 aromatic rings. The van der Waals surface area contributed by atoms with Crippen LogP contribution in [0.1, 0.15) is 30.0 Å². The molecule has 0 aromatic heterocycles. The SMILES string of the molecule is CCCc1ccc(C(O)(C(N)=O)c2ccccc2)cc1. The molecule has 1 atom stereocenters. The third-order valence-electron chi connectivity index (χ3n) is 3.46. The second-order valence-corrected chi connectivity index (χ2v) is 4.89. The Morgan fingerprint density at radius 2 is 1.60 bits per heavy atom. The molecule has 0 saturated carbocycles. The molecule has 0 bridgehead atoms. The normalized spacial score (nSPS) is 13.7. The van der Waals surface area contributed by atoms with E-state index in [0.29, 0.717) is 11.1 Å². The van der Waals surface area contributed by atoms with E-state index in [4.69, 9.17) is 5.73 Å². The molecule has 2 aromatic carbocycles. The lowest BCUT2D eigenvalue weighted by Crippen LogP contribution is -2.42. The van der Waals surface area contributed by atoms with Gasteiger partial charge in [0.05, 0.1) is 0 Å². The van der Waals surface area contributed by atoms with Gasteiger partial charge in [-0.15, -0.1) is 0 Å². The van der Waals surface area contributed by atoms with Gasteiger partial charge in [0, 0.05) is 0 Å². The van der Waals surface area contributed by atoms with Crippen molar-refractivity contribution in [2.24, 2.45) is 5.73 Å². The number of aryl methyl sites for hydroxylation is 1. The summed E-state index contributed by atoms with van der Waals surface area (Å²) in [5.74, 6) is -0.771. The zero-order valence-corrected chi connectivity index (χ0v) is 11.5. The van der Waals surface area contributed by atoms with Gasteiger partial charge in [-0.3, -0.25) is 4.79 Å². The highest BCUT2D eigenvalue weighted by Crippen LogP contribution is 2.29. The summed E-state index contributed by atoms with van der Waals surface area (Å²) in [6.07, 6.45) is 2.03. The van der Waals surface area contributed by atoms with Crippen molar-refractivity contribution in [1.29, 1.82) is 0 Å². The maximum absolute atomic E-state index is 11.8. The summed E-state index contributed by atoms with van der Waals surface area (Å²) in [7, 11) is 0. The molecule has 0 saturated heterocycles. The van der Waals surface area contributed by atoms with E-state index in [1.807, 2.05) is 18.2 Å². The van der Waals surface area contributed by atoms with Crippen molar-refractivity contribution in [3.8, 4) is 0 Å². The molecule has 104 valence electrons.